The highest BCUT2D eigenvalue weighted by Gasteiger charge is 2.50. The van der Waals surface area contributed by atoms with Gasteiger partial charge >= 0.3 is 6.09 Å². The summed E-state index contributed by atoms with van der Waals surface area (Å²) in [6.45, 7) is 11.2. The fourth-order valence-electron chi connectivity index (χ4n) is 4.95. The second-order valence-corrected chi connectivity index (χ2v) is 13.1. The van der Waals surface area contributed by atoms with E-state index >= 15 is 0 Å². The third-order valence-electron chi connectivity index (χ3n) is 6.61. The summed E-state index contributed by atoms with van der Waals surface area (Å²) in [6, 6.07) is 6.70. The van der Waals surface area contributed by atoms with E-state index in [1.165, 1.54) is 7.11 Å². The maximum Gasteiger partial charge on any atom is 0.412 e. The van der Waals surface area contributed by atoms with Gasteiger partial charge in [-0.1, -0.05) is 17.7 Å². The molecule has 3 rings (SSSR count). The molecule has 0 aromatic heterocycles. The summed E-state index contributed by atoms with van der Waals surface area (Å²) in [5, 5.41) is 0. The Morgan fingerprint density at radius 3 is 2.39 bits per heavy atom. The number of hydrogen-bond donors (Lipinski definition) is 0. The summed E-state index contributed by atoms with van der Waals surface area (Å²) in [7, 11) is -2.12. The van der Waals surface area contributed by atoms with Gasteiger partial charge in [0.05, 0.1) is 41.6 Å². The van der Waals surface area contributed by atoms with E-state index in [2.05, 4.69) is 0 Å². The second-order valence-electron chi connectivity index (χ2n) is 11.1. The third kappa shape index (κ3) is 6.65. The Hall–Kier alpha value is -2.01. The summed E-state index contributed by atoms with van der Waals surface area (Å²) in [6.07, 6.45) is -1.33. The predicted molar refractivity (Wildman–Crippen MR) is 133 cm³/mol. The number of methoxy groups -OCH3 is 1. The van der Waals surface area contributed by atoms with Crippen molar-refractivity contribution in [3.05, 3.63) is 29.8 Å². The zero-order chi connectivity index (χ0) is 26.9. The summed E-state index contributed by atoms with van der Waals surface area (Å²) < 4.78 is 50.0. The monoisotopic (exact) mass is 525 g/mol. The van der Waals surface area contributed by atoms with E-state index in [9.17, 15) is 18.0 Å². The molecule has 1 aromatic carbocycles. The number of carbonyl (C=O) groups excluding carboxylic acids is 2. The molecule has 5 atom stereocenters. The molecule has 0 saturated carbocycles. The van der Waals surface area contributed by atoms with E-state index in [1.807, 2.05) is 6.92 Å². The number of benzene rings is 1. The minimum absolute atomic E-state index is 0.0610. The van der Waals surface area contributed by atoms with E-state index in [4.69, 9.17) is 18.9 Å². The lowest BCUT2D eigenvalue weighted by Crippen LogP contribution is -2.46. The first-order valence-electron chi connectivity index (χ1n) is 12.3. The molecule has 0 N–H and O–H groups in total. The van der Waals surface area contributed by atoms with Crippen molar-refractivity contribution >= 4 is 22.2 Å². The quantitative estimate of drug-likeness (QED) is 0.475. The molecule has 2 saturated heterocycles. The first kappa shape index (κ1) is 28.6. The normalized spacial score (nSPS) is 28.3. The Labute approximate surface area is 214 Å². The van der Waals surface area contributed by atoms with Gasteiger partial charge in [0.2, 0.25) is 0 Å². The van der Waals surface area contributed by atoms with Gasteiger partial charge in [0.25, 0.3) is 0 Å². The van der Waals surface area contributed by atoms with Crippen LogP contribution in [0.5, 0.6) is 0 Å². The molecule has 2 aliphatic heterocycles. The summed E-state index contributed by atoms with van der Waals surface area (Å²) in [5.74, 6) is -0.738. The van der Waals surface area contributed by atoms with Crippen LogP contribution >= 0.6 is 0 Å². The highest BCUT2D eigenvalue weighted by molar-refractivity contribution is 7.91. The van der Waals surface area contributed by atoms with Gasteiger partial charge in [-0.2, -0.15) is 0 Å². The Morgan fingerprint density at radius 1 is 1.19 bits per heavy atom. The fourth-order valence-corrected chi connectivity index (χ4v) is 6.61. The van der Waals surface area contributed by atoms with E-state index in [-0.39, 0.29) is 23.2 Å². The van der Waals surface area contributed by atoms with Crippen LogP contribution < -0.4 is 0 Å². The van der Waals surface area contributed by atoms with Crippen molar-refractivity contribution in [3.63, 3.8) is 0 Å². The van der Waals surface area contributed by atoms with Crippen LogP contribution in [-0.2, 0) is 33.6 Å². The molecule has 10 heteroatoms. The number of amides is 1. The molecule has 2 heterocycles. The molecule has 202 valence electrons. The van der Waals surface area contributed by atoms with Crippen LogP contribution in [0.15, 0.2) is 29.2 Å². The SMILES string of the molecule is CO[C@@H]1[C@@H](CS(=O)(=O)c2ccc(C)cc2)[C@H](CC=O)O[C@@H]1C[C@H]1CN(C(=O)OC(C)(C)C)C(C)(C)O1. The molecule has 2 fully saturated rings. The lowest BCUT2D eigenvalue weighted by Gasteiger charge is -2.31. The van der Waals surface area contributed by atoms with Gasteiger partial charge in [-0.25, -0.2) is 13.2 Å². The Morgan fingerprint density at radius 2 is 1.83 bits per heavy atom. The van der Waals surface area contributed by atoms with Crippen LogP contribution in [0.3, 0.4) is 0 Å². The minimum Gasteiger partial charge on any atom is -0.444 e. The molecule has 0 aliphatic carbocycles. The second kappa shape index (κ2) is 10.8. The van der Waals surface area contributed by atoms with E-state index in [1.54, 1.807) is 63.8 Å². The number of sulfone groups is 1. The van der Waals surface area contributed by atoms with Crippen molar-refractivity contribution < 1.29 is 37.0 Å². The van der Waals surface area contributed by atoms with Crippen molar-refractivity contribution in [2.24, 2.45) is 5.92 Å². The fraction of sp³-hybridized carbons (Fsp3) is 0.692. The van der Waals surface area contributed by atoms with Crippen molar-refractivity contribution in [1.29, 1.82) is 0 Å². The molecule has 0 unspecified atom stereocenters. The molecular formula is C26H39NO8S. The van der Waals surface area contributed by atoms with Crippen LogP contribution in [0.25, 0.3) is 0 Å². The highest BCUT2D eigenvalue weighted by Crippen LogP contribution is 2.38. The largest absolute Gasteiger partial charge is 0.444 e. The number of rotatable bonds is 8. The number of aryl methyl sites for hydroxylation is 1. The molecule has 0 spiro atoms. The lowest BCUT2D eigenvalue weighted by atomic mass is 9.94. The summed E-state index contributed by atoms with van der Waals surface area (Å²) in [5.41, 5.74) is -0.560. The van der Waals surface area contributed by atoms with Gasteiger partial charge < -0.3 is 23.7 Å². The van der Waals surface area contributed by atoms with E-state index < -0.39 is 51.5 Å². The summed E-state index contributed by atoms with van der Waals surface area (Å²) in [4.78, 5) is 25.9. The van der Waals surface area contributed by atoms with Gasteiger partial charge in [0.1, 0.15) is 17.6 Å². The van der Waals surface area contributed by atoms with Gasteiger partial charge in [-0.15, -0.1) is 0 Å². The maximum atomic E-state index is 13.2. The van der Waals surface area contributed by atoms with Crippen molar-refractivity contribution in [2.45, 2.75) is 95.0 Å². The number of nitrogens with zero attached hydrogens (tertiary/aromatic N) is 1. The number of aldehydes is 1. The standard InChI is InChI=1S/C26H39NO8S/c1-17-8-10-19(11-9-17)36(30,31)16-20-21(12-13-28)33-22(23(20)32-7)14-18-15-27(26(5,6)34-18)24(29)35-25(2,3)4/h8-11,13,18,20-23H,12,14-16H2,1-7H3/t18-,20-,21-,22+,23+/m0/s1. The first-order valence-corrected chi connectivity index (χ1v) is 13.9. The van der Waals surface area contributed by atoms with Crippen molar-refractivity contribution in [3.8, 4) is 0 Å². The first-order chi connectivity index (χ1) is 16.7. The number of ether oxygens (including phenoxy) is 4. The molecule has 1 amide bonds. The Balaban J connectivity index is 1.76. The third-order valence-corrected chi connectivity index (χ3v) is 8.42. The molecule has 0 radical (unpaired) electrons. The van der Waals surface area contributed by atoms with Gasteiger partial charge in [0.15, 0.2) is 9.84 Å². The van der Waals surface area contributed by atoms with E-state index in [0.717, 1.165) is 11.8 Å². The van der Waals surface area contributed by atoms with Gasteiger partial charge in [0, 0.05) is 25.9 Å². The topological polar surface area (TPSA) is 108 Å². The van der Waals surface area contributed by atoms with Crippen LogP contribution in [0.1, 0.15) is 53.0 Å². The molecule has 9 nitrogen and oxygen atoms in total. The minimum atomic E-state index is -3.64. The van der Waals surface area contributed by atoms with E-state index in [0.29, 0.717) is 13.0 Å². The Kier molecular flexibility index (Phi) is 8.54. The van der Waals surface area contributed by atoms with Crippen LogP contribution in [0, 0.1) is 12.8 Å². The van der Waals surface area contributed by atoms with Gasteiger partial charge in [-0.05, 0) is 53.7 Å². The van der Waals surface area contributed by atoms with Gasteiger partial charge in [-0.3, -0.25) is 4.90 Å². The average molecular weight is 526 g/mol. The average Bonchev–Trinajstić information content (AvgIpc) is 3.22. The predicted octanol–water partition coefficient (Wildman–Crippen LogP) is 3.52. The molecule has 2 aliphatic rings. The maximum absolute atomic E-state index is 13.2. The zero-order valence-corrected chi connectivity index (χ0v) is 23.0. The van der Waals surface area contributed by atoms with Crippen LogP contribution in [0.4, 0.5) is 4.79 Å². The van der Waals surface area contributed by atoms with Crippen molar-refractivity contribution in [1.82, 2.24) is 4.90 Å². The van der Waals surface area contributed by atoms with Crippen LogP contribution in [0.2, 0.25) is 0 Å². The number of hydrogen-bond acceptors (Lipinski definition) is 8. The Bertz CT molecular complexity index is 1030. The number of carbonyl (C=O) groups is 2. The molecule has 1 aromatic rings. The van der Waals surface area contributed by atoms with Crippen LogP contribution in [-0.4, -0.2) is 80.8 Å². The van der Waals surface area contributed by atoms with Crippen molar-refractivity contribution in [2.75, 3.05) is 19.4 Å². The smallest absolute Gasteiger partial charge is 0.412 e. The molecular weight excluding hydrogens is 486 g/mol. The lowest BCUT2D eigenvalue weighted by molar-refractivity contribution is -0.111. The zero-order valence-electron chi connectivity index (χ0n) is 22.2. The summed E-state index contributed by atoms with van der Waals surface area (Å²) >= 11 is 0. The highest BCUT2D eigenvalue weighted by atomic mass is 32.2. The molecule has 36 heavy (non-hydrogen) atoms. The molecule has 0 bridgehead atoms.